The van der Waals surface area contributed by atoms with Crippen molar-refractivity contribution >= 4 is 39.2 Å². The zero-order valence-electron chi connectivity index (χ0n) is 17.9. The molecule has 1 amide bonds. The molecule has 0 saturated carbocycles. The fraction of sp³-hybridized carbons (Fsp3) is 0.435. The third kappa shape index (κ3) is 5.19. The normalized spacial score (nSPS) is 14.8. The summed E-state index contributed by atoms with van der Waals surface area (Å²) in [7, 11) is 0. The van der Waals surface area contributed by atoms with Crippen LogP contribution in [0.3, 0.4) is 0 Å². The van der Waals surface area contributed by atoms with Crippen LogP contribution in [0.2, 0.25) is 0 Å². The van der Waals surface area contributed by atoms with E-state index in [-0.39, 0.29) is 24.2 Å². The van der Waals surface area contributed by atoms with Gasteiger partial charge in [0, 0.05) is 23.1 Å². The van der Waals surface area contributed by atoms with Crippen molar-refractivity contribution in [2.75, 3.05) is 17.2 Å². The number of nitrogens with two attached hydrogens (primary N) is 1. The van der Waals surface area contributed by atoms with E-state index >= 15 is 0 Å². The number of carbonyl (C=O) groups excluding carboxylic acids is 2. The van der Waals surface area contributed by atoms with E-state index in [1.54, 1.807) is 17.2 Å². The standard InChI is InChI=1S/C23H28BrN3O3/c1-14(21(28)12-19-18(25)11-17(24)13-26-19)15-7-8-20-16(10-15)6-5-9-27(20)22(29)30-23(2,3)4/h7-8,10-11,13-14H,5-6,9,12,25H2,1-4H3. The molecule has 0 radical (unpaired) electrons. The quantitative estimate of drug-likeness (QED) is 0.672. The molecular formula is C23H28BrN3O3. The summed E-state index contributed by atoms with van der Waals surface area (Å²) in [6, 6.07) is 7.63. The highest BCUT2D eigenvalue weighted by atomic mass is 79.9. The van der Waals surface area contributed by atoms with Crippen LogP contribution >= 0.6 is 15.9 Å². The number of aromatic nitrogens is 1. The van der Waals surface area contributed by atoms with E-state index < -0.39 is 5.60 Å². The van der Waals surface area contributed by atoms with Gasteiger partial charge in [-0.2, -0.15) is 0 Å². The average Bonchev–Trinajstić information content (AvgIpc) is 2.67. The Hall–Kier alpha value is -2.41. The smallest absolute Gasteiger partial charge is 0.414 e. The Bertz CT molecular complexity index is 969. The molecule has 0 saturated heterocycles. The molecule has 0 bridgehead atoms. The number of nitrogens with zero attached hydrogens (tertiary/aromatic N) is 2. The fourth-order valence-corrected chi connectivity index (χ4v) is 3.88. The van der Waals surface area contributed by atoms with Crippen molar-refractivity contribution in [1.82, 2.24) is 4.98 Å². The van der Waals surface area contributed by atoms with Gasteiger partial charge < -0.3 is 10.5 Å². The molecule has 1 aromatic heterocycles. The lowest BCUT2D eigenvalue weighted by atomic mass is 9.90. The summed E-state index contributed by atoms with van der Waals surface area (Å²) in [5.41, 5.74) is 9.39. The van der Waals surface area contributed by atoms with Gasteiger partial charge in [-0.05, 0) is 72.8 Å². The van der Waals surface area contributed by atoms with Crippen molar-refractivity contribution in [3.8, 4) is 0 Å². The minimum absolute atomic E-state index is 0.0521. The third-order valence-electron chi connectivity index (χ3n) is 5.13. The van der Waals surface area contributed by atoms with Gasteiger partial charge in [-0.1, -0.05) is 19.1 Å². The molecule has 6 nitrogen and oxygen atoms in total. The van der Waals surface area contributed by atoms with Crippen molar-refractivity contribution in [3.05, 3.63) is 51.8 Å². The van der Waals surface area contributed by atoms with Gasteiger partial charge in [-0.3, -0.25) is 14.7 Å². The maximum Gasteiger partial charge on any atom is 0.414 e. The second kappa shape index (κ2) is 8.76. The van der Waals surface area contributed by atoms with E-state index in [0.717, 1.165) is 34.1 Å². The molecule has 7 heteroatoms. The monoisotopic (exact) mass is 473 g/mol. The van der Waals surface area contributed by atoms with Crippen LogP contribution in [0.4, 0.5) is 16.2 Å². The zero-order chi connectivity index (χ0) is 22.1. The van der Waals surface area contributed by atoms with Gasteiger partial charge in [-0.25, -0.2) is 4.79 Å². The lowest BCUT2D eigenvalue weighted by molar-refractivity contribution is -0.119. The van der Waals surface area contributed by atoms with Crippen LogP contribution in [0.15, 0.2) is 34.9 Å². The number of ketones is 1. The maximum atomic E-state index is 12.9. The highest BCUT2D eigenvalue weighted by molar-refractivity contribution is 9.10. The minimum atomic E-state index is -0.543. The van der Waals surface area contributed by atoms with E-state index in [2.05, 4.69) is 20.9 Å². The topological polar surface area (TPSA) is 85.5 Å². The number of hydrogen-bond acceptors (Lipinski definition) is 5. The number of rotatable bonds is 4. The second-order valence-corrected chi connectivity index (χ2v) is 9.59. The van der Waals surface area contributed by atoms with Gasteiger partial charge in [0.1, 0.15) is 11.4 Å². The number of pyridine rings is 1. The summed E-state index contributed by atoms with van der Waals surface area (Å²) in [6.07, 6.45) is 3.22. The Morgan fingerprint density at radius 3 is 2.70 bits per heavy atom. The van der Waals surface area contributed by atoms with Crippen LogP contribution in [0, 0.1) is 0 Å². The molecule has 1 aliphatic rings. The number of fused-ring (bicyclic) bond motifs is 1. The van der Waals surface area contributed by atoms with Crippen LogP contribution in [0.5, 0.6) is 0 Å². The number of halogens is 1. The molecule has 0 aliphatic carbocycles. The van der Waals surface area contributed by atoms with E-state index in [9.17, 15) is 9.59 Å². The van der Waals surface area contributed by atoms with E-state index in [0.29, 0.717) is 17.9 Å². The number of carbonyl (C=O) groups is 2. The molecule has 0 fully saturated rings. The molecule has 3 rings (SSSR count). The molecule has 2 heterocycles. The lowest BCUT2D eigenvalue weighted by Crippen LogP contribution is -2.39. The number of hydrogen-bond donors (Lipinski definition) is 1. The van der Waals surface area contributed by atoms with Crippen LogP contribution in [0.1, 0.15) is 56.9 Å². The zero-order valence-corrected chi connectivity index (χ0v) is 19.5. The number of ether oxygens (including phenoxy) is 1. The van der Waals surface area contributed by atoms with Gasteiger partial charge in [0.15, 0.2) is 0 Å². The van der Waals surface area contributed by atoms with Crippen LogP contribution in [0.25, 0.3) is 0 Å². The number of nitrogen functional groups attached to an aromatic ring is 1. The van der Waals surface area contributed by atoms with Crippen LogP contribution < -0.4 is 10.6 Å². The molecule has 160 valence electrons. The Labute approximate surface area is 185 Å². The molecule has 30 heavy (non-hydrogen) atoms. The third-order valence-corrected chi connectivity index (χ3v) is 5.56. The minimum Gasteiger partial charge on any atom is -0.443 e. The van der Waals surface area contributed by atoms with Gasteiger partial charge in [0.05, 0.1) is 23.5 Å². The maximum absolute atomic E-state index is 12.9. The SMILES string of the molecule is CC(C(=O)Cc1ncc(Br)cc1N)c1ccc2c(c1)CCCN2C(=O)OC(C)(C)C. The first-order chi connectivity index (χ1) is 14.0. The van der Waals surface area contributed by atoms with Gasteiger partial charge in [0.25, 0.3) is 0 Å². The number of aryl methyl sites for hydroxylation is 1. The largest absolute Gasteiger partial charge is 0.443 e. The Kier molecular flexibility index (Phi) is 6.50. The predicted octanol–water partition coefficient (Wildman–Crippen LogP) is 5.03. The molecular weight excluding hydrogens is 446 g/mol. The van der Waals surface area contributed by atoms with Gasteiger partial charge in [-0.15, -0.1) is 0 Å². The first-order valence-electron chi connectivity index (χ1n) is 10.1. The summed E-state index contributed by atoms with van der Waals surface area (Å²) >= 11 is 3.33. The summed E-state index contributed by atoms with van der Waals surface area (Å²) in [4.78, 5) is 31.4. The van der Waals surface area contributed by atoms with Crippen molar-refractivity contribution < 1.29 is 14.3 Å². The second-order valence-electron chi connectivity index (χ2n) is 8.68. The molecule has 0 spiro atoms. The van der Waals surface area contributed by atoms with E-state index in [1.807, 2.05) is 45.9 Å². The molecule has 1 atom stereocenters. The van der Waals surface area contributed by atoms with Crippen molar-refractivity contribution in [2.45, 2.75) is 58.5 Å². The fourth-order valence-electron chi connectivity index (χ4n) is 3.53. The van der Waals surface area contributed by atoms with Crippen LogP contribution in [-0.2, 0) is 22.4 Å². The van der Waals surface area contributed by atoms with Crippen molar-refractivity contribution in [1.29, 1.82) is 0 Å². The van der Waals surface area contributed by atoms with E-state index in [4.69, 9.17) is 10.5 Å². The Morgan fingerprint density at radius 1 is 1.30 bits per heavy atom. The van der Waals surface area contributed by atoms with Crippen molar-refractivity contribution in [3.63, 3.8) is 0 Å². The first-order valence-corrected chi connectivity index (χ1v) is 10.9. The number of benzene rings is 1. The van der Waals surface area contributed by atoms with Gasteiger partial charge >= 0.3 is 6.09 Å². The first kappa shape index (κ1) is 22.3. The lowest BCUT2D eigenvalue weighted by Gasteiger charge is -2.32. The summed E-state index contributed by atoms with van der Waals surface area (Å²) in [5.74, 6) is -0.242. The Morgan fingerprint density at radius 2 is 2.03 bits per heavy atom. The molecule has 2 N–H and O–H groups in total. The van der Waals surface area contributed by atoms with Crippen molar-refractivity contribution in [2.24, 2.45) is 0 Å². The number of Topliss-reactive ketones (excluding diaryl/α,β-unsaturated/α-hetero) is 1. The number of amides is 1. The predicted molar refractivity (Wildman–Crippen MR) is 122 cm³/mol. The highest BCUT2D eigenvalue weighted by Crippen LogP contribution is 2.32. The molecule has 2 aromatic rings. The molecule has 1 aliphatic heterocycles. The average molecular weight is 474 g/mol. The summed E-state index contributed by atoms with van der Waals surface area (Å²) in [6.45, 7) is 8.11. The molecule has 1 unspecified atom stereocenters. The Balaban J connectivity index is 1.78. The summed E-state index contributed by atoms with van der Waals surface area (Å²) in [5, 5.41) is 0. The molecule has 1 aromatic carbocycles. The number of anilines is 2. The van der Waals surface area contributed by atoms with E-state index in [1.165, 1.54) is 0 Å². The summed E-state index contributed by atoms with van der Waals surface area (Å²) < 4.78 is 6.33. The highest BCUT2D eigenvalue weighted by Gasteiger charge is 2.28. The van der Waals surface area contributed by atoms with Crippen LogP contribution in [-0.4, -0.2) is 29.0 Å². The van der Waals surface area contributed by atoms with Gasteiger partial charge in [0.2, 0.25) is 0 Å².